The molecule has 3 rings (SSSR count). The fraction of sp³-hybridized carbons (Fsp3) is 0. The number of carboxylic acid groups (broad SMARTS) is 1. The number of benzene rings is 1. The van der Waals surface area contributed by atoms with Crippen molar-refractivity contribution in [1.29, 1.82) is 0 Å². The predicted octanol–water partition coefficient (Wildman–Crippen LogP) is 2.09. The number of rotatable bonds is 2. The standard InChI is InChI=1S/C13H9N3O2/c17-13(18)10-6-7-16-11(8-10)14-15-12(16)9-4-2-1-3-5-9/h1-8H,(H,17,18). The van der Waals surface area contributed by atoms with Crippen molar-refractivity contribution >= 4 is 11.6 Å². The maximum absolute atomic E-state index is 10.9. The topological polar surface area (TPSA) is 67.5 Å². The van der Waals surface area contributed by atoms with E-state index in [2.05, 4.69) is 10.2 Å². The van der Waals surface area contributed by atoms with Crippen LogP contribution in [0.4, 0.5) is 0 Å². The first-order valence-corrected chi connectivity index (χ1v) is 5.39. The highest BCUT2D eigenvalue weighted by Gasteiger charge is 2.10. The summed E-state index contributed by atoms with van der Waals surface area (Å²) in [6, 6.07) is 12.7. The second-order valence-corrected chi connectivity index (χ2v) is 3.84. The van der Waals surface area contributed by atoms with E-state index in [9.17, 15) is 4.79 Å². The lowest BCUT2D eigenvalue weighted by Crippen LogP contribution is -1.98. The number of hydrogen-bond donors (Lipinski definition) is 1. The van der Waals surface area contributed by atoms with Gasteiger partial charge in [0.05, 0.1) is 5.56 Å². The van der Waals surface area contributed by atoms with E-state index in [0.29, 0.717) is 11.5 Å². The summed E-state index contributed by atoms with van der Waals surface area (Å²) in [5, 5.41) is 17.0. The molecule has 0 radical (unpaired) electrons. The zero-order valence-electron chi connectivity index (χ0n) is 9.32. The molecule has 0 bridgehead atoms. The van der Waals surface area contributed by atoms with Gasteiger partial charge in [0.25, 0.3) is 0 Å². The van der Waals surface area contributed by atoms with E-state index in [4.69, 9.17) is 5.11 Å². The molecule has 88 valence electrons. The third kappa shape index (κ3) is 1.62. The summed E-state index contributed by atoms with van der Waals surface area (Å²) in [6.07, 6.45) is 1.67. The van der Waals surface area contributed by atoms with Gasteiger partial charge in [-0.25, -0.2) is 4.79 Å². The number of carbonyl (C=O) groups is 1. The summed E-state index contributed by atoms with van der Waals surface area (Å²) in [7, 11) is 0. The SMILES string of the molecule is O=C(O)c1ccn2c(-c3ccccc3)nnc2c1. The Bertz CT molecular complexity index is 719. The van der Waals surface area contributed by atoms with Crippen LogP contribution in [0, 0.1) is 0 Å². The molecule has 0 saturated carbocycles. The van der Waals surface area contributed by atoms with Crippen molar-refractivity contribution in [2.45, 2.75) is 0 Å². The minimum absolute atomic E-state index is 0.203. The Balaban J connectivity index is 2.19. The second-order valence-electron chi connectivity index (χ2n) is 3.84. The van der Waals surface area contributed by atoms with E-state index in [-0.39, 0.29) is 5.56 Å². The van der Waals surface area contributed by atoms with Crippen molar-refractivity contribution in [3.05, 3.63) is 54.2 Å². The highest BCUT2D eigenvalue weighted by molar-refractivity contribution is 5.88. The van der Waals surface area contributed by atoms with Crippen LogP contribution in [-0.2, 0) is 0 Å². The minimum Gasteiger partial charge on any atom is -0.478 e. The number of pyridine rings is 1. The first-order chi connectivity index (χ1) is 8.75. The molecule has 0 aliphatic carbocycles. The van der Waals surface area contributed by atoms with E-state index in [1.807, 2.05) is 30.3 Å². The van der Waals surface area contributed by atoms with Crippen molar-refractivity contribution in [2.24, 2.45) is 0 Å². The molecule has 0 aliphatic heterocycles. The molecule has 18 heavy (non-hydrogen) atoms. The number of fused-ring (bicyclic) bond motifs is 1. The third-order valence-electron chi connectivity index (χ3n) is 2.69. The van der Waals surface area contributed by atoms with Gasteiger partial charge in [-0.1, -0.05) is 30.3 Å². The molecular weight excluding hydrogens is 230 g/mol. The molecule has 0 saturated heterocycles. The molecule has 1 aromatic carbocycles. The Morgan fingerprint density at radius 3 is 2.61 bits per heavy atom. The predicted molar refractivity (Wildman–Crippen MR) is 65.4 cm³/mol. The molecule has 3 aromatic rings. The molecular formula is C13H9N3O2. The molecule has 1 N–H and O–H groups in total. The molecule has 0 atom stereocenters. The monoisotopic (exact) mass is 239 g/mol. The van der Waals surface area contributed by atoms with Crippen molar-refractivity contribution in [1.82, 2.24) is 14.6 Å². The van der Waals surface area contributed by atoms with Gasteiger partial charge in [-0.3, -0.25) is 4.40 Å². The van der Waals surface area contributed by atoms with Gasteiger partial charge in [0, 0.05) is 11.8 Å². The number of carboxylic acids is 1. The Morgan fingerprint density at radius 1 is 1.11 bits per heavy atom. The van der Waals surface area contributed by atoms with Crippen LogP contribution in [0.5, 0.6) is 0 Å². The highest BCUT2D eigenvalue weighted by Crippen LogP contribution is 2.18. The summed E-state index contributed by atoms with van der Waals surface area (Å²) in [5.41, 5.74) is 1.66. The van der Waals surface area contributed by atoms with Crippen LogP contribution < -0.4 is 0 Å². The fourth-order valence-electron chi connectivity index (χ4n) is 1.81. The molecule has 5 nitrogen and oxygen atoms in total. The number of hydrogen-bond acceptors (Lipinski definition) is 3. The quantitative estimate of drug-likeness (QED) is 0.743. The summed E-state index contributed by atoms with van der Waals surface area (Å²) in [6.45, 7) is 0. The van der Waals surface area contributed by atoms with Gasteiger partial charge in [-0.2, -0.15) is 0 Å². The largest absolute Gasteiger partial charge is 0.478 e. The lowest BCUT2D eigenvalue weighted by Gasteiger charge is -2.00. The number of aromatic nitrogens is 3. The molecule has 5 heteroatoms. The van der Waals surface area contributed by atoms with Crippen LogP contribution >= 0.6 is 0 Å². The lowest BCUT2D eigenvalue weighted by molar-refractivity contribution is 0.0697. The Hall–Kier alpha value is -2.69. The van der Waals surface area contributed by atoms with Crippen molar-refractivity contribution in [3.8, 4) is 11.4 Å². The van der Waals surface area contributed by atoms with Crippen LogP contribution in [-0.4, -0.2) is 25.7 Å². The van der Waals surface area contributed by atoms with Crippen LogP contribution in [0.15, 0.2) is 48.7 Å². The number of aromatic carboxylic acids is 1. The average molecular weight is 239 g/mol. The highest BCUT2D eigenvalue weighted by atomic mass is 16.4. The van der Waals surface area contributed by atoms with Crippen LogP contribution in [0.2, 0.25) is 0 Å². The molecule has 0 aliphatic rings. The van der Waals surface area contributed by atoms with Gasteiger partial charge in [-0.05, 0) is 12.1 Å². The Labute approximate surface area is 102 Å². The van der Waals surface area contributed by atoms with Crippen molar-refractivity contribution in [3.63, 3.8) is 0 Å². The van der Waals surface area contributed by atoms with E-state index >= 15 is 0 Å². The van der Waals surface area contributed by atoms with Gasteiger partial charge in [0.1, 0.15) is 0 Å². The molecule has 2 heterocycles. The molecule has 0 fully saturated rings. The van der Waals surface area contributed by atoms with Crippen molar-refractivity contribution in [2.75, 3.05) is 0 Å². The molecule has 0 amide bonds. The van der Waals surface area contributed by atoms with E-state index in [1.165, 1.54) is 12.1 Å². The third-order valence-corrected chi connectivity index (χ3v) is 2.69. The summed E-state index contributed by atoms with van der Waals surface area (Å²) in [5.74, 6) is -0.274. The van der Waals surface area contributed by atoms with Crippen LogP contribution in [0.1, 0.15) is 10.4 Å². The first kappa shape index (κ1) is 10.5. The average Bonchev–Trinajstić information content (AvgIpc) is 2.82. The maximum Gasteiger partial charge on any atom is 0.335 e. The summed E-state index contributed by atoms with van der Waals surface area (Å²) >= 11 is 0. The number of nitrogens with zero attached hydrogens (tertiary/aromatic N) is 3. The van der Waals surface area contributed by atoms with Crippen LogP contribution in [0.25, 0.3) is 17.0 Å². The van der Waals surface area contributed by atoms with E-state index in [0.717, 1.165) is 5.56 Å². The first-order valence-electron chi connectivity index (χ1n) is 5.39. The van der Waals surface area contributed by atoms with Crippen molar-refractivity contribution < 1.29 is 9.90 Å². The van der Waals surface area contributed by atoms with E-state index < -0.39 is 5.97 Å². The molecule has 0 unspecified atom stereocenters. The van der Waals surface area contributed by atoms with E-state index in [1.54, 1.807) is 10.6 Å². The Morgan fingerprint density at radius 2 is 1.89 bits per heavy atom. The zero-order chi connectivity index (χ0) is 12.5. The summed E-state index contributed by atoms with van der Waals surface area (Å²) < 4.78 is 1.77. The van der Waals surface area contributed by atoms with Gasteiger partial charge in [-0.15, -0.1) is 10.2 Å². The zero-order valence-corrected chi connectivity index (χ0v) is 9.32. The van der Waals surface area contributed by atoms with Crippen LogP contribution in [0.3, 0.4) is 0 Å². The normalized spacial score (nSPS) is 10.7. The van der Waals surface area contributed by atoms with Gasteiger partial charge in [0.15, 0.2) is 11.5 Å². The minimum atomic E-state index is -0.971. The van der Waals surface area contributed by atoms with Gasteiger partial charge < -0.3 is 5.11 Å². The Kier molecular flexibility index (Phi) is 2.30. The smallest absolute Gasteiger partial charge is 0.335 e. The molecule has 2 aromatic heterocycles. The fourth-order valence-corrected chi connectivity index (χ4v) is 1.81. The lowest BCUT2D eigenvalue weighted by atomic mass is 10.2. The van der Waals surface area contributed by atoms with Gasteiger partial charge in [0.2, 0.25) is 0 Å². The second kappa shape index (κ2) is 3.96. The summed E-state index contributed by atoms with van der Waals surface area (Å²) in [4.78, 5) is 10.9. The molecule has 0 spiro atoms. The van der Waals surface area contributed by atoms with Gasteiger partial charge >= 0.3 is 5.97 Å². The maximum atomic E-state index is 10.9.